The van der Waals surface area contributed by atoms with Crippen molar-refractivity contribution in [2.45, 2.75) is 25.6 Å². The second-order valence-electron chi connectivity index (χ2n) is 6.84. The molecule has 2 N–H and O–H groups in total. The van der Waals surface area contributed by atoms with Crippen LogP contribution in [0.3, 0.4) is 0 Å². The summed E-state index contributed by atoms with van der Waals surface area (Å²) in [5.74, 6) is 0.624. The van der Waals surface area contributed by atoms with Crippen molar-refractivity contribution in [3.8, 4) is 5.75 Å². The summed E-state index contributed by atoms with van der Waals surface area (Å²) in [4.78, 5) is 11.6. The quantitative estimate of drug-likeness (QED) is 0.384. The minimum Gasteiger partial charge on any atom is -0.488 e. The molecule has 1 atom stereocenters. The molecule has 1 unspecified atom stereocenters. The van der Waals surface area contributed by atoms with Crippen molar-refractivity contribution >= 4 is 51.7 Å². The molecule has 0 saturated carbocycles. The van der Waals surface area contributed by atoms with E-state index in [4.69, 9.17) is 27.9 Å². The molecular formula is C23H23Cl2NO3S. The van der Waals surface area contributed by atoms with Gasteiger partial charge in [0, 0.05) is 27.7 Å². The number of fused-ring (bicyclic) bond motifs is 1. The number of hydrogen-bond donors (Lipinski definition) is 2. The molecule has 0 aliphatic carbocycles. The summed E-state index contributed by atoms with van der Waals surface area (Å²) in [6.07, 6.45) is 2.52. The lowest BCUT2D eigenvalue weighted by Gasteiger charge is -2.18. The van der Waals surface area contributed by atoms with Gasteiger partial charge in [-0.05, 0) is 47.4 Å². The van der Waals surface area contributed by atoms with Crippen molar-refractivity contribution in [3.05, 3.63) is 75.8 Å². The lowest BCUT2D eigenvalue weighted by atomic mass is 10.0. The monoisotopic (exact) mass is 463 g/mol. The number of carboxylic acids is 1. The molecule has 3 rings (SSSR count). The van der Waals surface area contributed by atoms with Gasteiger partial charge in [-0.3, -0.25) is 4.79 Å². The van der Waals surface area contributed by atoms with Gasteiger partial charge >= 0.3 is 5.97 Å². The van der Waals surface area contributed by atoms with Crippen molar-refractivity contribution in [1.29, 1.82) is 0 Å². The van der Waals surface area contributed by atoms with Gasteiger partial charge in [0.15, 0.2) is 0 Å². The average Bonchev–Trinajstić information content (AvgIpc) is 2.73. The van der Waals surface area contributed by atoms with E-state index in [-0.39, 0.29) is 6.61 Å². The molecule has 0 aliphatic heterocycles. The SMILES string of the molecule is CSCCC(NCc1c(OCc2ccc(Cl)cc2Cl)ccc2ccccc12)C(=O)O. The van der Waals surface area contributed by atoms with Crippen molar-refractivity contribution in [3.63, 3.8) is 0 Å². The Bertz CT molecular complexity index is 1030. The number of halogens is 2. The van der Waals surface area contributed by atoms with Crippen molar-refractivity contribution in [1.82, 2.24) is 5.32 Å². The highest BCUT2D eigenvalue weighted by molar-refractivity contribution is 7.98. The minimum atomic E-state index is -0.847. The van der Waals surface area contributed by atoms with E-state index >= 15 is 0 Å². The number of carbonyl (C=O) groups is 1. The third-order valence-electron chi connectivity index (χ3n) is 4.83. The molecule has 0 amide bonds. The molecular weight excluding hydrogens is 441 g/mol. The van der Waals surface area contributed by atoms with Crippen LogP contribution >= 0.6 is 35.0 Å². The van der Waals surface area contributed by atoms with Gasteiger partial charge in [0.2, 0.25) is 0 Å². The lowest BCUT2D eigenvalue weighted by Crippen LogP contribution is -2.36. The summed E-state index contributed by atoms with van der Waals surface area (Å²) in [6, 6.07) is 16.6. The number of thioether (sulfide) groups is 1. The molecule has 7 heteroatoms. The topological polar surface area (TPSA) is 58.6 Å². The molecule has 30 heavy (non-hydrogen) atoms. The maximum Gasteiger partial charge on any atom is 0.320 e. The van der Waals surface area contributed by atoms with Gasteiger partial charge in [-0.25, -0.2) is 0 Å². The Hall–Kier alpha value is -1.92. The number of hydrogen-bond acceptors (Lipinski definition) is 4. The third kappa shape index (κ3) is 5.82. The zero-order valence-corrected chi connectivity index (χ0v) is 18.9. The molecule has 0 aliphatic rings. The summed E-state index contributed by atoms with van der Waals surface area (Å²) in [7, 11) is 0. The van der Waals surface area contributed by atoms with Crippen molar-refractivity contribution < 1.29 is 14.6 Å². The lowest BCUT2D eigenvalue weighted by molar-refractivity contribution is -0.139. The van der Waals surface area contributed by atoms with E-state index < -0.39 is 12.0 Å². The first kappa shape index (κ1) is 22.8. The van der Waals surface area contributed by atoms with Crippen LogP contribution in [0.15, 0.2) is 54.6 Å². The summed E-state index contributed by atoms with van der Waals surface area (Å²) >= 11 is 13.9. The van der Waals surface area contributed by atoms with Gasteiger partial charge in [0.25, 0.3) is 0 Å². The molecule has 0 aromatic heterocycles. The second-order valence-corrected chi connectivity index (χ2v) is 8.67. The molecule has 3 aromatic rings. The van der Waals surface area contributed by atoms with Crippen LogP contribution in [-0.4, -0.2) is 29.1 Å². The van der Waals surface area contributed by atoms with Crippen LogP contribution < -0.4 is 10.1 Å². The third-order valence-corrected chi connectivity index (χ3v) is 6.06. The van der Waals surface area contributed by atoms with Gasteiger partial charge in [-0.1, -0.05) is 59.6 Å². The van der Waals surface area contributed by atoms with Crippen LogP contribution in [0.5, 0.6) is 5.75 Å². The highest BCUT2D eigenvalue weighted by Gasteiger charge is 2.18. The first-order chi connectivity index (χ1) is 14.5. The van der Waals surface area contributed by atoms with Gasteiger partial charge in [-0.15, -0.1) is 0 Å². The van der Waals surface area contributed by atoms with Crippen LogP contribution in [0.25, 0.3) is 10.8 Å². The highest BCUT2D eigenvalue weighted by atomic mass is 35.5. The first-order valence-electron chi connectivity index (χ1n) is 9.52. The zero-order chi connectivity index (χ0) is 21.5. The molecule has 158 valence electrons. The number of rotatable bonds is 10. The summed E-state index contributed by atoms with van der Waals surface area (Å²) < 4.78 is 6.11. The van der Waals surface area contributed by atoms with Gasteiger partial charge < -0.3 is 15.2 Å². The highest BCUT2D eigenvalue weighted by Crippen LogP contribution is 2.30. The van der Waals surface area contributed by atoms with Crippen LogP contribution in [0.4, 0.5) is 0 Å². The summed E-state index contributed by atoms with van der Waals surface area (Å²) in [5, 5.41) is 15.9. The maximum atomic E-state index is 11.6. The Morgan fingerprint density at radius 1 is 1.17 bits per heavy atom. The van der Waals surface area contributed by atoms with E-state index in [9.17, 15) is 9.90 Å². The summed E-state index contributed by atoms with van der Waals surface area (Å²) in [6.45, 7) is 0.673. The van der Waals surface area contributed by atoms with E-state index in [1.165, 1.54) is 0 Å². The fourth-order valence-corrected chi connectivity index (χ4v) is 4.14. The fourth-order valence-electron chi connectivity index (χ4n) is 3.20. The molecule has 0 saturated heterocycles. The fraction of sp³-hybridized carbons (Fsp3) is 0.261. The molecule has 3 aromatic carbocycles. The number of carboxylic acid groups (broad SMARTS) is 1. The Kier molecular flexibility index (Phi) is 8.28. The summed E-state index contributed by atoms with van der Waals surface area (Å²) in [5.41, 5.74) is 1.75. The van der Waals surface area contributed by atoms with Crippen LogP contribution in [-0.2, 0) is 17.9 Å². The molecule has 0 heterocycles. The van der Waals surface area contributed by atoms with Gasteiger partial charge in [-0.2, -0.15) is 11.8 Å². The zero-order valence-electron chi connectivity index (χ0n) is 16.5. The minimum absolute atomic E-state index is 0.288. The molecule has 0 spiro atoms. The average molecular weight is 464 g/mol. The number of nitrogens with one attached hydrogen (secondary N) is 1. The van der Waals surface area contributed by atoms with Crippen molar-refractivity contribution in [2.75, 3.05) is 12.0 Å². The predicted molar refractivity (Wildman–Crippen MR) is 126 cm³/mol. The van der Waals surface area contributed by atoms with E-state index in [1.807, 2.05) is 48.7 Å². The van der Waals surface area contributed by atoms with E-state index in [2.05, 4.69) is 5.32 Å². The maximum absolute atomic E-state index is 11.6. The van der Waals surface area contributed by atoms with Crippen LogP contribution in [0.1, 0.15) is 17.5 Å². The van der Waals surface area contributed by atoms with Gasteiger partial charge in [0.1, 0.15) is 18.4 Å². The van der Waals surface area contributed by atoms with Crippen LogP contribution in [0.2, 0.25) is 10.0 Å². The van der Waals surface area contributed by atoms with E-state index in [0.717, 1.165) is 27.7 Å². The Labute approximate surface area is 190 Å². The predicted octanol–water partition coefficient (Wildman–Crippen LogP) is 6.02. The second kappa shape index (κ2) is 10.9. The Morgan fingerprint density at radius 2 is 1.97 bits per heavy atom. The van der Waals surface area contributed by atoms with Crippen LogP contribution in [0, 0.1) is 0 Å². The molecule has 0 radical (unpaired) electrons. The molecule has 4 nitrogen and oxygen atoms in total. The Balaban J connectivity index is 1.85. The first-order valence-corrected chi connectivity index (χ1v) is 11.7. The normalized spacial score (nSPS) is 12.1. The van der Waals surface area contributed by atoms with Gasteiger partial charge in [0.05, 0.1) is 0 Å². The molecule has 0 bridgehead atoms. The Morgan fingerprint density at radius 3 is 2.70 bits per heavy atom. The standard InChI is InChI=1S/C23H23Cl2NO3S/c1-30-11-10-21(23(27)28)26-13-19-18-5-3-2-4-15(18)7-9-22(19)29-14-16-6-8-17(24)12-20(16)25/h2-9,12,21,26H,10-11,13-14H2,1H3,(H,27,28). The van der Waals surface area contributed by atoms with E-state index in [1.54, 1.807) is 23.9 Å². The number of benzene rings is 3. The number of ether oxygens (including phenoxy) is 1. The molecule has 0 fully saturated rings. The largest absolute Gasteiger partial charge is 0.488 e. The number of aliphatic carboxylic acids is 1. The van der Waals surface area contributed by atoms with Crippen molar-refractivity contribution in [2.24, 2.45) is 0 Å². The smallest absolute Gasteiger partial charge is 0.320 e. The van der Waals surface area contributed by atoms with E-state index in [0.29, 0.717) is 28.8 Å².